The Labute approximate surface area is 364 Å². The molecule has 5 heterocycles. The van der Waals surface area contributed by atoms with Crippen LogP contribution in [0.2, 0.25) is 0 Å². The molecule has 12 aromatic rings. The molecule has 7 aromatic carbocycles. The van der Waals surface area contributed by atoms with E-state index in [1.54, 1.807) is 6.08 Å². The van der Waals surface area contributed by atoms with Gasteiger partial charge in [0.1, 0.15) is 22.5 Å². The Balaban J connectivity index is 0.815. The molecular weight excluding hydrogens is 801 g/mol. The van der Waals surface area contributed by atoms with Crippen molar-refractivity contribution in [2.45, 2.75) is 13.8 Å². The number of ether oxygens (including phenoxy) is 1. The van der Waals surface area contributed by atoms with Crippen molar-refractivity contribution in [1.82, 2.24) is 0 Å². The van der Waals surface area contributed by atoms with Crippen molar-refractivity contribution in [2.24, 2.45) is 0 Å². The van der Waals surface area contributed by atoms with Gasteiger partial charge in [0.25, 0.3) is 0 Å². The molecular formula is C56H36O4S2. The zero-order chi connectivity index (χ0) is 41.5. The summed E-state index contributed by atoms with van der Waals surface area (Å²) in [5, 5.41) is 6.36. The van der Waals surface area contributed by atoms with E-state index >= 15 is 0 Å². The van der Waals surface area contributed by atoms with Crippen LogP contribution in [0, 0.1) is 6.92 Å². The summed E-state index contributed by atoms with van der Waals surface area (Å²) in [5.41, 5.74) is 12.8. The molecule has 0 atom stereocenters. The van der Waals surface area contributed by atoms with E-state index in [1.807, 2.05) is 59.9 Å². The van der Waals surface area contributed by atoms with Crippen LogP contribution in [-0.4, -0.2) is 0 Å². The Bertz CT molecular complexity index is 3780. The summed E-state index contributed by atoms with van der Waals surface area (Å²) in [6.45, 7) is 7.93. The minimum atomic E-state index is 0.742. The van der Waals surface area contributed by atoms with E-state index in [1.165, 1.54) is 30.3 Å². The average molecular weight is 837 g/mol. The highest BCUT2D eigenvalue weighted by atomic mass is 32.1. The number of thiophene rings is 2. The summed E-state index contributed by atoms with van der Waals surface area (Å²) in [4.78, 5) is 2.45. The zero-order valence-corrected chi connectivity index (χ0v) is 35.5. The van der Waals surface area contributed by atoms with E-state index in [-0.39, 0.29) is 0 Å². The summed E-state index contributed by atoms with van der Waals surface area (Å²) < 4.78 is 28.5. The standard InChI is InChI=1S/C56H36O4S2/c1-4-6-10-33(5-2)36-16-24-47-43(27-36)41-22-23-42-45-29-38(18-26-48(45)60-56(42)55(41)59-47)50-31-52-51(62-50)30-49(61-52)35-14-19-39(20-15-35)57-53-32(3)13-21-40-44-28-37(34-11-8-7-9-12-34)17-25-46(44)58-54(40)53/h4-31H,1H2,2-3H3/b10-6-,33-5+. The lowest BCUT2D eigenvalue weighted by Gasteiger charge is -2.10. The highest BCUT2D eigenvalue weighted by Crippen LogP contribution is 2.46. The topological polar surface area (TPSA) is 48.7 Å². The molecule has 0 saturated carbocycles. The van der Waals surface area contributed by atoms with E-state index in [0.717, 1.165) is 105 Å². The molecule has 0 spiro atoms. The third-order valence-corrected chi connectivity index (χ3v) is 14.3. The van der Waals surface area contributed by atoms with Crippen LogP contribution >= 0.6 is 22.7 Å². The molecule has 0 saturated heterocycles. The lowest BCUT2D eigenvalue weighted by Crippen LogP contribution is -1.88. The Morgan fingerprint density at radius 2 is 1.10 bits per heavy atom. The molecule has 0 aliphatic rings. The molecule has 62 heavy (non-hydrogen) atoms. The molecule has 0 aliphatic heterocycles. The van der Waals surface area contributed by atoms with Crippen molar-refractivity contribution in [3.63, 3.8) is 0 Å². The summed E-state index contributed by atoms with van der Waals surface area (Å²) in [6.07, 6.45) is 7.93. The van der Waals surface area contributed by atoms with Gasteiger partial charge in [-0.15, -0.1) is 22.7 Å². The second-order valence-corrected chi connectivity index (χ2v) is 17.8. The first-order valence-corrected chi connectivity index (χ1v) is 22.2. The molecule has 0 N–H and O–H groups in total. The summed E-state index contributed by atoms with van der Waals surface area (Å²) in [6, 6.07) is 51.2. The van der Waals surface area contributed by atoms with Crippen LogP contribution in [0.3, 0.4) is 0 Å². The summed E-state index contributed by atoms with van der Waals surface area (Å²) in [5.74, 6) is 1.51. The minimum absolute atomic E-state index is 0.742. The maximum Gasteiger partial charge on any atom is 0.178 e. The van der Waals surface area contributed by atoms with Crippen LogP contribution in [0.1, 0.15) is 18.1 Å². The summed E-state index contributed by atoms with van der Waals surface area (Å²) in [7, 11) is 0. The van der Waals surface area contributed by atoms with E-state index in [9.17, 15) is 0 Å². The number of furan rings is 3. The van der Waals surface area contributed by atoms with Crippen LogP contribution < -0.4 is 4.74 Å². The van der Waals surface area contributed by atoms with Gasteiger partial charge in [0, 0.05) is 51.5 Å². The molecule has 0 aliphatic carbocycles. The number of fused-ring (bicyclic) bond motifs is 11. The summed E-state index contributed by atoms with van der Waals surface area (Å²) >= 11 is 3.63. The fourth-order valence-electron chi connectivity index (χ4n) is 8.71. The first kappa shape index (κ1) is 36.5. The van der Waals surface area contributed by atoms with Gasteiger partial charge >= 0.3 is 0 Å². The Hall–Kier alpha value is -7.38. The number of hydrogen-bond donors (Lipinski definition) is 0. The molecule has 0 unspecified atom stereocenters. The van der Waals surface area contributed by atoms with Gasteiger partial charge in [-0.3, -0.25) is 0 Å². The minimum Gasteiger partial charge on any atom is -0.453 e. The fourth-order valence-corrected chi connectivity index (χ4v) is 11.1. The fraction of sp³-hybridized carbons (Fsp3) is 0.0357. The molecule has 0 amide bonds. The van der Waals surface area contributed by atoms with Crippen molar-refractivity contribution in [2.75, 3.05) is 0 Å². The van der Waals surface area contributed by atoms with Crippen LogP contribution in [0.15, 0.2) is 190 Å². The second kappa shape index (κ2) is 14.4. The highest BCUT2D eigenvalue weighted by Gasteiger charge is 2.19. The van der Waals surface area contributed by atoms with Crippen molar-refractivity contribution < 1.29 is 18.0 Å². The van der Waals surface area contributed by atoms with Gasteiger partial charge in [0.15, 0.2) is 22.5 Å². The van der Waals surface area contributed by atoms with Gasteiger partial charge < -0.3 is 18.0 Å². The largest absolute Gasteiger partial charge is 0.453 e. The SMILES string of the molecule is C=C/C=C\C(=C/C)c1ccc2oc3c(ccc4c5cc(-c6cc7sc(-c8ccc(Oc9c(C)ccc%10c9oc9ccc(-c%11ccccc%11)cc9%10)cc8)cc7s6)ccc5oc43)c2c1. The van der Waals surface area contributed by atoms with Crippen molar-refractivity contribution in [1.29, 1.82) is 0 Å². The number of aryl methyl sites for hydroxylation is 1. The van der Waals surface area contributed by atoms with Crippen molar-refractivity contribution in [3.05, 3.63) is 188 Å². The van der Waals surface area contributed by atoms with Crippen molar-refractivity contribution >= 4 is 103 Å². The molecule has 296 valence electrons. The van der Waals surface area contributed by atoms with Crippen LogP contribution in [0.25, 0.3) is 113 Å². The van der Waals surface area contributed by atoms with E-state index < -0.39 is 0 Å². The lowest BCUT2D eigenvalue weighted by molar-refractivity contribution is 0.473. The number of benzene rings is 7. The maximum absolute atomic E-state index is 6.57. The number of rotatable bonds is 8. The molecule has 0 fully saturated rings. The predicted molar refractivity (Wildman–Crippen MR) is 262 cm³/mol. The van der Waals surface area contributed by atoms with Gasteiger partial charge in [-0.2, -0.15) is 0 Å². The van der Waals surface area contributed by atoms with Gasteiger partial charge in [-0.1, -0.05) is 79.4 Å². The quantitative estimate of drug-likeness (QED) is 0.143. The lowest BCUT2D eigenvalue weighted by atomic mass is 10.0. The van der Waals surface area contributed by atoms with Crippen LogP contribution in [0.5, 0.6) is 11.5 Å². The molecule has 4 nitrogen and oxygen atoms in total. The maximum atomic E-state index is 6.57. The van der Waals surface area contributed by atoms with Crippen LogP contribution in [0.4, 0.5) is 0 Å². The predicted octanol–water partition coefficient (Wildman–Crippen LogP) is 17.9. The third-order valence-electron chi connectivity index (χ3n) is 11.9. The zero-order valence-electron chi connectivity index (χ0n) is 33.8. The van der Waals surface area contributed by atoms with Gasteiger partial charge in [0.05, 0.1) is 0 Å². The molecule has 0 bridgehead atoms. The highest BCUT2D eigenvalue weighted by molar-refractivity contribution is 7.31. The molecule has 0 radical (unpaired) electrons. The Morgan fingerprint density at radius 1 is 0.532 bits per heavy atom. The Morgan fingerprint density at radius 3 is 1.77 bits per heavy atom. The monoisotopic (exact) mass is 836 g/mol. The first-order valence-electron chi connectivity index (χ1n) is 20.6. The molecule has 12 rings (SSSR count). The van der Waals surface area contributed by atoms with E-state index in [2.05, 4.69) is 147 Å². The first-order chi connectivity index (χ1) is 30.5. The van der Waals surface area contributed by atoms with Gasteiger partial charge in [-0.25, -0.2) is 0 Å². The van der Waals surface area contributed by atoms with Gasteiger partial charge in [-0.05, 0) is 150 Å². The normalized spacial score (nSPS) is 12.5. The second-order valence-electron chi connectivity index (χ2n) is 15.6. The molecule has 6 heteroatoms. The molecule has 5 aromatic heterocycles. The van der Waals surface area contributed by atoms with Crippen LogP contribution in [-0.2, 0) is 0 Å². The third kappa shape index (κ3) is 5.94. The number of allylic oxidation sites excluding steroid dienone is 5. The smallest absolute Gasteiger partial charge is 0.178 e. The Kier molecular flexibility index (Phi) is 8.46. The van der Waals surface area contributed by atoms with E-state index in [4.69, 9.17) is 18.0 Å². The number of hydrogen-bond acceptors (Lipinski definition) is 6. The average Bonchev–Trinajstić information content (AvgIpc) is 4.14. The van der Waals surface area contributed by atoms with Gasteiger partial charge in [0.2, 0.25) is 0 Å². The van der Waals surface area contributed by atoms with Crippen molar-refractivity contribution in [3.8, 4) is 43.5 Å². The van der Waals surface area contributed by atoms with E-state index in [0.29, 0.717) is 0 Å².